The van der Waals surface area contributed by atoms with E-state index < -0.39 is 0 Å². The number of hydrogen-bond acceptors (Lipinski definition) is 4. The number of nitrogens with one attached hydrogen (secondary N) is 1. The Hall–Kier alpha value is -1.50. The second kappa shape index (κ2) is 8.55. The van der Waals surface area contributed by atoms with Gasteiger partial charge >= 0.3 is 0 Å². The topological polar surface area (TPSA) is 59.8 Å². The van der Waals surface area contributed by atoms with Crippen molar-refractivity contribution in [2.24, 2.45) is 0 Å². The summed E-state index contributed by atoms with van der Waals surface area (Å²) in [6.45, 7) is 8.45. The Labute approximate surface area is 155 Å². The fraction of sp³-hybridized carbons (Fsp3) is 0.312. The van der Waals surface area contributed by atoms with Crippen molar-refractivity contribution in [2.75, 3.05) is 11.1 Å². The van der Waals surface area contributed by atoms with Crippen molar-refractivity contribution in [1.29, 1.82) is 0 Å². The van der Waals surface area contributed by atoms with E-state index in [-0.39, 0.29) is 17.6 Å². The molecule has 0 spiro atoms. The fourth-order valence-corrected chi connectivity index (χ4v) is 3.14. The number of hydrogen-bond donors (Lipinski definition) is 1. The third kappa shape index (κ3) is 4.75. The molecule has 5 nitrogen and oxygen atoms in total. The number of nitrogens with zero attached hydrogens (tertiary/aromatic N) is 3. The second-order valence-electron chi connectivity index (χ2n) is 5.36. The van der Waals surface area contributed by atoms with E-state index in [0.29, 0.717) is 27.4 Å². The number of halogens is 2. The molecule has 1 heterocycles. The molecule has 0 aliphatic heterocycles. The smallest absolute Gasteiger partial charge is 0.234 e. The summed E-state index contributed by atoms with van der Waals surface area (Å²) in [7, 11) is 0. The summed E-state index contributed by atoms with van der Waals surface area (Å²) in [6.07, 6.45) is 1.78. The minimum atomic E-state index is -0.191. The van der Waals surface area contributed by atoms with E-state index in [9.17, 15) is 4.79 Å². The van der Waals surface area contributed by atoms with Crippen molar-refractivity contribution in [3.8, 4) is 0 Å². The second-order valence-corrected chi connectivity index (χ2v) is 7.14. The van der Waals surface area contributed by atoms with Gasteiger partial charge in [0.15, 0.2) is 5.16 Å². The molecule has 0 aliphatic carbocycles. The van der Waals surface area contributed by atoms with Crippen LogP contribution in [0.25, 0.3) is 0 Å². The molecule has 8 heteroatoms. The van der Waals surface area contributed by atoms with Crippen LogP contribution >= 0.6 is 35.0 Å². The maximum Gasteiger partial charge on any atom is 0.234 e. The molecule has 0 saturated heterocycles. The first-order chi connectivity index (χ1) is 11.4. The van der Waals surface area contributed by atoms with Crippen LogP contribution in [0, 0.1) is 0 Å². The highest BCUT2D eigenvalue weighted by Gasteiger charge is 2.16. The van der Waals surface area contributed by atoms with Gasteiger partial charge in [0.2, 0.25) is 5.91 Å². The van der Waals surface area contributed by atoms with Gasteiger partial charge in [0.05, 0.1) is 16.5 Å². The molecule has 0 unspecified atom stereocenters. The Bertz CT molecular complexity index is 746. The zero-order valence-corrected chi connectivity index (χ0v) is 15.8. The van der Waals surface area contributed by atoms with Crippen molar-refractivity contribution in [3.63, 3.8) is 0 Å². The molecule has 0 fully saturated rings. The van der Waals surface area contributed by atoms with Crippen LogP contribution in [0.3, 0.4) is 0 Å². The molecule has 0 saturated carbocycles. The quantitative estimate of drug-likeness (QED) is 0.558. The summed E-state index contributed by atoms with van der Waals surface area (Å²) < 4.78 is 1.96. The maximum atomic E-state index is 12.1. The molecule has 0 atom stereocenters. The monoisotopic (exact) mass is 384 g/mol. The third-order valence-corrected chi connectivity index (χ3v) is 4.64. The number of thioether (sulfide) groups is 1. The number of amides is 1. The van der Waals surface area contributed by atoms with Gasteiger partial charge in [-0.3, -0.25) is 4.79 Å². The lowest BCUT2D eigenvalue weighted by molar-refractivity contribution is -0.113. The van der Waals surface area contributed by atoms with E-state index in [0.717, 1.165) is 5.82 Å². The van der Waals surface area contributed by atoms with Gasteiger partial charge in [-0.15, -0.1) is 16.8 Å². The van der Waals surface area contributed by atoms with Crippen LogP contribution in [-0.2, 0) is 11.3 Å². The van der Waals surface area contributed by atoms with Gasteiger partial charge in [-0.25, -0.2) is 0 Å². The largest absolute Gasteiger partial charge is 0.324 e. The SMILES string of the molecule is C=CCn1c(SCC(=O)Nc2cc(Cl)ccc2Cl)nnc1C(C)C. The first kappa shape index (κ1) is 18.8. The number of carbonyl (C=O) groups excluding carboxylic acids is 1. The highest BCUT2D eigenvalue weighted by Crippen LogP contribution is 2.26. The lowest BCUT2D eigenvalue weighted by Crippen LogP contribution is -2.15. The number of anilines is 1. The van der Waals surface area contributed by atoms with Gasteiger partial charge in [0.1, 0.15) is 5.82 Å². The molecule has 1 aromatic heterocycles. The predicted octanol–water partition coefficient (Wildman–Crippen LogP) is 4.63. The maximum absolute atomic E-state index is 12.1. The fourth-order valence-electron chi connectivity index (χ4n) is 2.04. The van der Waals surface area contributed by atoms with Gasteiger partial charge in [0.25, 0.3) is 0 Å². The zero-order chi connectivity index (χ0) is 17.7. The molecule has 2 rings (SSSR count). The number of carbonyl (C=O) groups is 1. The van der Waals surface area contributed by atoms with Crippen molar-refractivity contribution < 1.29 is 4.79 Å². The number of aromatic nitrogens is 3. The van der Waals surface area contributed by atoms with E-state index in [1.54, 1.807) is 24.3 Å². The first-order valence-corrected chi connectivity index (χ1v) is 9.08. The summed E-state index contributed by atoms with van der Waals surface area (Å²) in [5.74, 6) is 1.11. The molecule has 0 bridgehead atoms. The molecule has 128 valence electrons. The summed E-state index contributed by atoms with van der Waals surface area (Å²) >= 11 is 13.3. The zero-order valence-electron chi connectivity index (χ0n) is 13.4. The summed E-state index contributed by atoms with van der Waals surface area (Å²) in [5.41, 5.74) is 0.491. The lowest BCUT2D eigenvalue weighted by atomic mass is 10.2. The molecule has 1 aromatic carbocycles. The van der Waals surface area contributed by atoms with Crippen LogP contribution in [-0.4, -0.2) is 26.4 Å². The van der Waals surface area contributed by atoms with Crippen molar-refractivity contribution in [3.05, 3.63) is 46.7 Å². The van der Waals surface area contributed by atoms with Gasteiger partial charge in [-0.2, -0.15) is 0 Å². The van der Waals surface area contributed by atoms with Gasteiger partial charge in [-0.1, -0.05) is 54.9 Å². The summed E-state index contributed by atoms with van der Waals surface area (Å²) in [4.78, 5) is 12.1. The van der Waals surface area contributed by atoms with Crippen molar-refractivity contribution in [1.82, 2.24) is 14.8 Å². The van der Waals surface area contributed by atoms with E-state index in [1.165, 1.54) is 11.8 Å². The minimum absolute atomic E-state index is 0.191. The average molecular weight is 385 g/mol. The van der Waals surface area contributed by atoms with E-state index in [4.69, 9.17) is 23.2 Å². The minimum Gasteiger partial charge on any atom is -0.324 e. The molecule has 24 heavy (non-hydrogen) atoms. The Balaban J connectivity index is 2.04. The molecular weight excluding hydrogens is 367 g/mol. The van der Waals surface area contributed by atoms with Crippen LogP contribution < -0.4 is 5.32 Å². The van der Waals surface area contributed by atoms with E-state index in [1.807, 2.05) is 18.4 Å². The van der Waals surface area contributed by atoms with Crippen LogP contribution in [0.5, 0.6) is 0 Å². The van der Waals surface area contributed by atoms with Crippen LogP contribution in [0.2, 0.25) is 10.0 Å². The number of allylic oxidation sites excluding steroid dienone is 1. The molecular formula is C16H18Cl2N4OS. The number of rotatable bonds is 7. The van der Waals surface area contributed by atoms with Crippen molar-refractivity contribution >= 4 is 46.6 Å². The molecule has 1 N–H and O–H groups in total. The summed E-state index contributed by atoms with van der Waals surface area (Å²) in [5, 5.41) is 12.7. The average Bonchev–Trinajstić information content (AvgIpc) is 2.92. The standard InChI is InChI=1S/C16H18Cl2N4OS/c1-4-7-22-15(10(2)3)20-21-16(22)24-9-14(23)19-13-8-11(17)5-6-12(13)18/h4-6,8,10H,1,7,9H2,2-3H3,(H,19,23). The van der Waals surface area contributed by atoms with Crippen LogP contribution in [0.4, 0.5) is 5.69 Å². The Morgan fingerprint density at radius 3 is 2.83 bits per heavy atom. The predicted molar refractivity (Wildman–Crippen MR) is 100 cm³/mol. The van der Waals surface area contributed by atoms with Crippen molar-refractivity contribution in [2.45, 2.75) is 31.5 Å². The molecule has 2 aromatic rings. The van der Waals surface area contributed by atoms with E-state index in [2.05, 4.69) is 22.1 Å². The third-order valence-electron chi connectivity index (χ3n) is 3.11. The van der Waals surface area contributed by atoms with Gasteiger partial charge in [0, 0.05) is 17.5 Å². The highest BCUT2D eigenvalue weighted by atomic mass is 35.5. The highest BCUT2D eigenvalue weighted by molar-refractivity contribution is 7.99. The molecule has 1 amide bonds. The normalized spacial score (nSPS) is 10.9. The summed E-state index contributed by atoms with van der Waals surface area (Å²) in [6, 6.07) is 4.92. The van der Waals surface area contributed by atoms with Gasteiger partial charge < -0.3 is 9.88 Å². The lowest BCUT2D eigenvalue weighted by Gasteiger charge is -2.10. The van der Waals surface area contributed by atoms with E-state index >= 15 is 0 Å². The Morgan fingerprint density at radius 2 is 2.17 bits per heavy atom. The van der Waals surface area contributed by atoms with Crippen LogP contribution in [0.1, 0.15) is 25.6 Å². The Kier molecular flexibility index (Phi) is 6.71. The number of benzene rings is 1. The Morgan fingerprint density at radius 1 is 1.42 bits per heavy atom. The molecule has 0 radical (unpaired) electrons. The molecule has 0 aliphatic rings. The van der Waals surface area contributed by atoms with Gasteiger partial charge in [-0.05, 0) is 18.2 Å². The first-order valence-electron chi connectivity index (χ1n) is 7.34. The van der Waals surface area contributed by atoms with Crippen LogP contribution in [0.15, 0.2) is 36.0 Å².